The number of rotatable bonds is 4. The number of phenols is 1. The van der Waals surface area contributed by atoms with E-state index >= 15 is 0 Å². The average molecular weight is 823 g/mol. The lowest BCUT2D eigenvalue weighted by Crippen LogP contribution is -2.62. The number of nitrogens with zero attached hydrogens (tertiary/aromatic N) is 3. The lowest BCUT2D eigenvalue weighted by Gasteiger charge is -2.50. The first-order valence-electron chi connectivity index (χ1n) is 20.0. The Hall–Kier alpha value is -4.98. The molecule has 0 amide bonds. The summed E-state index contributed by atoms with van der Waals surface area (Å²) < 4.78 is 37.0. The summed E-state index contributed by atoms with van der Waals surface area (Å²) in [5, 5.41) is 37.5. The number of thioether (sulfide) groups is 1. The largest absolute Gasteiger partial charge is 0.504 e. The van der Waals surface area contributed by atoms with Gasteiger partial charge in [0.2, 0.25) is 6.79 Å². The number of ether oxygens (including phenoxy) is 5. The molecule has 11 rings (SSSR count). The third kappa shape index (κ3) is 5.13. The molecular weight excluding hydrogens is 777 g/mol. The van der Waals surface area contributed by atoms with Crippen molar-refractivity contribution < 1.29 is 47.9 Å². The van der Waals surface area contributed by atoms with E-state index in [4.69, 9.17) is 28.1 Å². The van der Waals surface area contributed by atoms with Crippen LogP contribution in [0.25, 0.3) is 11.0 Å². The highest BCUT2D eigenvalue weighted by atomic mass is 32.2. The number of aliphatic hydroxyl groups excluding tert-OH is 1. The Bertz CT molecular complexity index is 2530. The molecular formula is C44H46N4O10S. The zero-order valence-corrected chi connectivity index (χ0v) is 34.6. The summed E-state index contributed by atoms with van der Waals surface area (Å²) in [5.41, 5.74) is 2.76. The van der Waals surface area contributed by atoms with Gasteiger partial charge in [-0.1, -0.05) is 18.2 Å². The molecule has 0 radical (unpaired) electrons. The van der Waals surface area contributed by atoms with Gasteiger partial charge < -0.3 is 38.3 Å². The molecule has 2 bridgehead atoms. The molecule has 7 aliphatic heterocycles. The van der Waals surface area contributed by atoms with Gasteiger partial charge in [-0.3, -0.25) is 19.9 Å². The number of carbonyl (C=O) groups excluding carboxylic acids is 2. The van der Waals surface area contributed by atoms with Gasteiger partial charge in [0.15, 0.2) is 28.5 Å². The minimum absolute atomic E-state index is 0.0588. The number of aliphatic hydroxyl groups is 1. The van der Waals surface area contributed by atoms with E-state index in [-0.39, 0.29) is 37.6 Å². The Morgan fingerprint density at radius 2 is 1.90 bits per heavy atom. The van der Waals surface area contributed by atoms with Gasteiger partial charge in [0.25, 0.3) is 0 Å². The van der Waals surface area contributed by atoms with Crippen molar-refractivity contribution in [1.29, 1.82) is 5.26 Å². The van der Waals surface area contributed by atoms with E-state index in [0.717, 1.165) is 33.2 Å². The fraction of sp³-hybridized carbons (Fsp3) is 0.477. The first kappa shape index (κ1) is 38.2. The second kappa shape index (κ2) is 13.3. The van der Waals surface area contributed by atoms with Gasteiger partial charge in [-0.15, -0.1) is 11.8 Å². The molecule has 1 aromatic heterocycles. The molecule has 59 heavy (non-hydrogen) atoms. The molecule has 7 atom stereocenters. The summed E-state index contributed by atoms with van der Waals surface area (Å²) in [5.74, 6) is 1.35. The molecule has 2 saturated heterocycles. The highest BCUT2D eigenvalue weighted by molar-refractivity contribution is 7.99. The van der Waals surface area contributed by atoms with Gasteiger partial charge in [-0.05, 0) is 57.4 Å². The number of nitriles is 1. The van der Waals surface area contributed by atoms with Crippen LogP contribution in [0.3, 0.4) is 0 Å². The first-order valence-corrected chi connectivity index (χ1v) is 21.0. The van der Waals surface area contributed by atoms with Gasteiger partial charge in [0, 0.05) is 88.3 Å². The highest BCUT2D eigenvalue weighted by Gasteiger charge is 2.64. The number of aryl methyl sites for hydroxylation is 1. The van der Waals surface area contributed by atoms with E-state index in [1.807, 2.05) is 45.0 Å². The number of hydrogen-bond donors (Lipinski definition) is 3. The number of hydrogen-bond acceptors (Lipinski definition) is 15. The van der Waals surface area contributed by atoms with Crippen LogP contribution >= 0.6 is 11.8 Å². The predicted molar refractivity (Wildman–Crippen MR) is 215 cm³/mol. The van der Waals surface area contributed by atoms with E-state index in [2.05, 4.69) is 34.2 Å². The third-order valence-corrected chi connectivity index (χ3v) is 15.1. The Kier molecular flexibility index (Phi) is 8.59. The summed E-state index contributed by atoms with van der Waals surface area (Å²) in [6.45, 7) is 9.46. The van der Waals surface area contributed by atoms with Crippen molar-refractivity contribution in [3.05, 3.63) is 75.0 Å². The number of methoxy groups -OCH3 is 1. The molecule has 2 fully saturated rings. The normalized spacial score (nSPS) is 30.7. The van der Waals surface area contributed by atoms with Crippen LogP contribution in [-0.4, -0.2) is 89.5 Å². The number of benzene rings is 3. The Balaban J connectivity index is 1.14. The maximum Gasteiger partial charge on any atom is 0.335 e. The molecule has 0 aliphatic carbocycles. The number of fused-ring (bicyclic) bond motifs is 11. The monoisotopic (exact) mass is 822 g/mol. The van der Waals surface area contributed by atoms with Crippen LogP contribution in [0.1, 0.15) is 89.2 Å². The summed E-state index contributed by atoms with van der Waals surface area (Å²) in [6, 6.07) is 11.0. The Morgan fingerprint density at radius 1 is 1.12 bits per heavy atom. The van der Waals surface area contributed by atoms with Crippen LogP contribution < -0.4 is 24.3 Å². The number of para-hydroxylation sites is 1. The number of nitrogens with one attached hydrogen (secondary N) is 1. The van der Waals surface area contributed by atoms with Crippen LogP contribution in [0.2, 0.25) is 0 Å². The van der Waals surface area contributed by atoms with Gasteiger partial charge in [0.1, 0.15) is 29.2 Å². The second-order valence-electron chi connectivity index (χ2n) is 17.0. The fourth-order valence-corrected chi connectivity index (χ4v) is 12.7. The Morgan fingerprint density at radius 3 is 2.64 bits per heavy atom. The molecule has 1 spiro atoms. The van der Waals surface area contributed by atoms with Crippen molar-refractivity contribution in [2.45, 2.75) is 87.5 Å². The van der Waals surface area contributed by atoms with Crippen LogP contribution in [0.4, 0.5) is 0 Å². The van der Waals surface area contributed by atoms with E-state index < -0.39 is 45.9 Å². The van der Waals surface area contributed by atoms with Gasteiger partial charge in [0.05, 0.1) is 25.8 Å². The molecule has 7 aliphatic rings. The number of furan rings is 1. The van der Waals surface area contributed by atoms with E-state index in [1.54, 1.807) is 7.11 Å². The summed E-state index contributed by atoms with van der Waals surface area (Å²) in [6.07, 6.45) is 0.834. The highest BCUT2D eigenvalue weighted by Crippen LogP contribution is 2.63. The van der Waals surface area contributed by atoms with Gasteiger partial charge in [-0.25, -0.2) is 4.79 Å². The summed E-state index contributed by atoms with van der Waals surface area (Å²) in [4.78, 5) is 32.3. The minimum atomic E-state index is -1.48. The molecule has 3 N–H and O–H groups in total. The van der Waals surface area contributed by atoms with Crippen molar-refractivity contribution in [2.75, 3.05) is 46.0 Å². The van der Waals surface area contributed by atoms with Crippen LogP contribution in [0, 0.1) is 25.2 Å². The molecule has 0 saturated carbocycles. The van der Waals surface area contributed by atoms with Crippen LogP contribution in [-0.2, 0) is 31.8 Å². The third-order valence-electron chi connectivity index (χ3n) is 13.8. The molecule has 3 aromatic carbocycles. The zero-order valence-electron chi connectivity index (χ0n) is 33.8. The summed E-state index contributed by atoms with van der Waals surface area (Å²) >= 11 is 1.48. The predicted octanol–water partition coefficient (Wildman–Crippen LogP) is 5.47. The van der Waals surface area contributed by atoms with Gasteiger partial charge >= 0.3 is 11.9 Å². The zero-order chi connectivity index (χ0) is 41.3. The fourth-order valence-electron chi connectivity index (χ4n) is 11.3. The maximum absolute atomic E-state index is 15.0. The average Bonchev–Trinajstić information content (AvgIpc) is 3.98. The number of phenolic OH excluding ortho intramolecular Hbond substituents is 1. The van der Waals surface area contributed by atoms with E-state index in [1.165, 1.54) is 18.7 Å². The molecule has 4 aromatic rings. The number of carbonyl (C=O) groups is 2. The lowest BCUT2D eigenvalue weighted by molar-refractivity contribution is -0.156. The van der Waals surface area contributed by atoms with Crippen molar-refractivity contribution in [3.8, 4) is 34.8 Å². The van der Waals surface area contributed by atoms with E-state index in [9.17, 15) is 25.1 Å². The minimum Gasteiger partial charge on any atom is -0.504 e. The maximum atomic E-state index is 15.0. The van der Waals surface area contributed by atoms with Crippen LogP contribution in [0.15, 0.2) is 34.7 Å². The first-order chi connectivity index (χ1) is 28.3. The van der Waals surface area contributed by atoms with Crippen molar-refractivity contribution in [2.24, 2.45) is 0 Å². The number of esters is 2. The Labute approximate surface area is 345 Å². The van der Waals surface area contributed by atoms with Crippen molar-refractivity contribution in [1.82, 2.24) is 15.1 Å². The molecule has 2 unspecified atom stereocenters. The van der Waals surface area contributed by atoms with Crippen molar-refractivity contribution >= 4 is 34.7 Å². The number of aromatic hydroxyl groups is 1. The topological polar surface area (TPSA) is 176 Å². The van der Waals surface area contributed by atoms with E-state index in [0.29, 0.717) is 71.4 Å². The molecule has 15 heteroatoms. The molecule has 308 valence electrons. The standard InChI is InChI=1S/C44H46N4O10S/c1-21-11-28-32(35(51)36(21)53-6)23(3)48-18-43(17-45,16-42(28,48)5)47-13-31-34-33(39-38(55-20-56-39)22(2)37(34)57-24(4)50)29(47)15-54-41(52)44(19-59-31)40-27(12-25(14-49)46-44)26-9-7-8-10-30(26)58-40/h7-11,23,25,29,31,46,49,51H,12-16,18-20H2,1-6H3/t23-,25+,29?,31-,42?,43+,44+/m0/s1. The van der Waals surface area contributed by atoms with Crippen molar-refractivity contribution in [3.63, 3.8) is 0 Å². The SMILES string of the molecule is COc1c(C)cc2c(c1O)[C@H](C)N1C[C@@](C#N)(N3C[C@@H]4SC[C@]5(N[C@@H](CO)Cc6c5oc5ccccc65)C(=O)OCC3c3c5c(c(C)c(OC(C)=O)c34)OCO5)CC21C. The smallest absolute Gasteiger partial charge is 0.335 e. The molecule has 8 heterocycles. The summed E-state index contributed by atoms with van der Waals surface area (Å²) in [7, 11) is 1.55. The van der Waals surface area contributed by atoms with Crippen LogP contribution in [0.5, 0.6) is 28.7 Å². The van der Waals surface area contributed by atoms with Gasteiger partial charge in [-0.2, -0.15) is 5.26 Å². The molecule has 14 nitrogen and oxygen atoms in total. The lowest BCUT2D eigenvalue weighted by atomic mass is 9.79. The second-order valence-corrected chi connectivity index (χ2v) is 18.2. The quantitative estimate of drug-likeness (QED) is 0.175.